The summed E-state index contributed by atoms with van der Waals surface area (Å²) in [7, 11) is 7.59. The quantitative estimate of drug-likeness (QED) is 0.545. The van der Waals surface area contributed by atoms with Crippen molar-refractivity contribution in [3.63, 3.8) is 0 Å². The minimum absolute atomic E-state index is 0.154. The topological polar surface area (TPSA) is 115 Å². The highest BCUT2D eigenvalue weighted by atomic mass is 32.1. The Kier molecular flexibility index (Phi) is 8.70. The maximum atomic E-state index is 13.5. The lowest BCUT2D eigenvalue weighted by Crippen LogP contribution is -2.55. The standard InChI is InChI=1S/C23H36N6O3S/c1-27(2)7-5-6-26-23(31)29(8-9-32-4)22(30)16-10-15-11-17-18(13-24)21(25)33-20(17)12-19(15)28(3)14-16/h15-16,19H,5-12,14,25H2,1-4H3,(H,26,31)/t15-,16-,19-/m1/s1. The number of anilines is 1. The van der Waals surface area contributed by atoms with Crippen LogP contribution in [0.1, 0.15) is 28.8 Å². The van der Waals surface area contributed by atoms with E-state index in [9.17, 15) is 14.9 Å². The molecule has 1 aromatic heterocycles. The van der Waals surface area contributed by atoms with Crippen molar-refractivity contribution in [1.82, 2.24) is 20.0 Å². The zero-order valence-electron chi connectivity index (χ0n) is 20.1. The molecule has 3 atom stereocenters. The summed E-state index contributed by atoms with van der Waals surface area (Å²) in [6.07, 6.45) is 3.12. The average Bonchev–Trinajstić information content (AvgIpc) is 3.09. The number of urea groups is 1. The Morgan fingerprint density at radius 3 is 2.76 bits per heavy atom. The van der Waals surface area contributed by atoms with E-state index in [0.29, 0.717) is 42.7 Å². The maximum Gasteiger partial charge on any atom is 0.324 e. The number of likely N-dealkylation sites (tertiary alicyclic amines) is 1. The first-order valence-electron chi connectivity index (χ1n) is 11.5. The molecule has 1 aliphatic heterocycles. The summed E-state index contributed by atoms with van der Waals surface area (Å²) in [6, 6.07) is 2.22. The Labute approximate surface area is 200 Å². The van der Waals surface area contributed by atoms with E-state index in [1.54, 1.807) is 7.11 Å². The molecule has 10 heteroatoms. The van der Waals surface area contributed by atoms with Crippen molar-refractivity contribution in [3.8, 4) is 6.07 Å². The van der Waals surface area contributed by atoms with Gasteiger partial charge in [0, 0.05) is 31.1 Å². The number of methoxy groups -OCH3 is 1. The molecule has 0 aromatic carbocycles. The Balaban J connectivity index is 1.70. The molecule has 0 radical (unpaired) electrons. The van der Waals surface area contributed by atoms with Gasteiger partial charge in [0.2, 0.25) is 5.91 Å². The number of rotatable bonds is 8. The Bertz CT molecular complexity index is 895. The number of thiophene rings is 1. The number of ether oxygens (including phenoxy) is 1. The van der Waals surface area contributed by atoms with Crippen molar-refractivity contribution in [2.24, 2.45) is 11.8 Å². The summed E-state index contributed by atoms with van der Waals surface area (Å²) in [5.74, 6) is -0.180. The fourth-order valence-corrected chi connectivity index (χ4v) is 6.15. The molecule has 0 bridgehead atoms. The van der Waals surface area contributed by atoms with Crippen LogP contribution in [0.25, 0.3) is 0 Å². The Hall–Kier alpha value is -2.19. The van der Waals surface area contributed by atoms with E-state index in [1.165, 1.54) is 21.1 Å². The van der Waals surface area contributed by atoms with E-state index < -0.39 is 0 Å². The number of nitrogens with zero attached hydrogens (tertiary/aromatic N) is 4. The highest BCUT2D eigenvalue weighted by Gasteiger charge is 2.43. The monoisotopic (exact) mass is 476 g/mol. The van der Waals surface area contributed by atoms with Crippen LogP contribution in [0.15, 0.2) is 0 Å². The number of nitrogen functional groups attached to an aromatic ring is 1. The van der Waals surface area contributed by atoms with Gasteiger partial charge in [0.05, 0.1) is 24.6 Å². The number of hydrogen-bond acceptors (Lipinski definition) is 8. The molecule has 1 saturated heterocycles. The van der Waals surface area contributed by atoms with Crippen LogP contribution < -0.4 is 11.1 Å². The predicted octanol–water partition coefficient (Wildman–Crippen LogP) is 1.37. The van der Waals surface area contributed by atoms with Gasteiger partial charge in [-0.25, -0.2) is 4.79 Å². The number of hydrogen-bond donors (Lipinski definition) is 2. The smallest absolute Gasteiger partial charge is 0.324 e. The van der Waals surface area contributed by atoms with Crippen LogP contribution in [0.2, 0.25) is 0 Å². The fraction of sp³-hybridized carbons (Fsp3) is 0.696. The molecule has 0 unspecified atom stereocenters. The molecule has 1 aliphatic carbocycles. The predicted molar refractivity (Wildman–Crippen MR) is 129 cm³/mol. The van der Waals surface area contributed by atoms with Crippen molar-refractivity contribution >= 4 is 28.3 Å². The summed E-state index contributed by atoms with van der Waals surface area (Å²) in [6.45, 7) is 2.52. The number of imide groups is 1. The molecule has 2 aliphatic rings. The first kappa shape index (κ1) is 25.4. The molecular weight excluding hydrogens is 440 g/mol. The van der Waals surface area contributed by atoms with Gasteiger partial charge in [-0.3, -0.25) is 9.69 Å². The van der Waals surface area contributed by atoms with Gasteiger partial charge in [0.15, 0.2) is 0 Å². The Morgan fingerprint density at radius 2 is 2.09 bits per heavy atom. The van der Waals surface area contributed by atoms with Crippen LogP contribution >= 0.6 is 11.3 Å². The van der Waals surface area contributed by atoms with Gasteiger partial charge in [0.25, 0.3) is 0 Å². The summed E-state index contributed by atoms with van der Waals surface area (Å²) in [4.78, 5) is 33.1. The lowest BCUT2D eigenvalue weighted by atomic mass is 9.74. The van der Waals surface area contributed by atoms with Gasteiger partial charge in [-0.2, -0.15) is 5.26 Å². The number of likely N-dealkylation sites (N-methyl/N-ethyl adjacent to an activating group) is 1. The lowest BCUT2D eigenvalue weighted by molar-refractivity contribution is -0.136. The van der Waals surface area contributed by atoms with Gasteiger partial charge >= 0.3 is 6.03 Å². The first-order valence-corrected chi connectivity index (χ1v) is 12.3. The third-order valence-electron chi connectivity index (χ3n) is 6.73. The van der Waals surface area contributed by atoms with Gasteiger partial charge in [-0.15, -0.1) is 11.3 Å². The SMILES string of the molecule is COCCN(C(=O)NCCCN(C)C)C(=O)[C@@H]1C[C@@H]2Cc3c(sc(N)c3C#N)C[C@H]2N(C)C1. The molecule has 3 amide bonds. The van der Waals surface area contributed by atoms with Crippen molar-refractivity contribution in [2.75, 3.05) is 66.8 Å². The molecule has 0 spiro atoms. The summed E-state index contributed by atoms with van der Waals surface area (Å²) in [5, 5.41) is 13.0. The number of amides is 3. The minimum atomic E-state index is -0.358. The normalized spacial score (nSPS) is 22.4. The average molecular weight is 477 g/mol. The van der Waals surface area contributed by atoms with E-state index in [2.05, 4.69) is 21.2 Å². The number of nitriles is 1. The van der Waals surface area contributed by atoms with Crippen molar-refractivity contribution < 1.29 is 14.3 Å². The zero-order chi connectivity index (χ0) is 24.1. The van der Waals surface area contributed by atoms with Crippen LogP contribution in [0.5, 0.6) is 0 Å². The molecule has 1 fully saturated rings. The molecule has 3 rings (SSSR count). The second kappa shape index (κ2) is 11.3. The number of piperidine rings is 1. The van der Waals surface area contributed by atoms with Crippen LogP contribution in [0.3, 0.4) is 0 Å². The Morgan fingerprint density at radius 1 is 1.33 bits per heavy atom. The van der Waals surface area contributed by atoms with E-state index in [1.807, 2.05) is 21.1 Å². The van der Waals surface area contributed by atoms with E-state index in [0.717, 1.165) is 31.4 Å². The molecule has 9 nitrogen and oxygen atoms in total. The minimum Gasteiger partial charge on any atom is -0.389 e. The second-order valence-corrected chi connectivity index (χ2v) is 10.5. The molecule has 3 N–H and O–H groups in total. The van der Waals surface area contributed by atoms with Crippen molar-refractivity contribution in [3.05, 3.63) is 16.0 Å². The van der Waals surface area contributed by atoms with Crippen LogP contribution in [-0.2, 0) is 22.4 Å². The number of carbonyl (C=O) groups excluding carboxylic acids is 2. The fourth-order valence-electron chi connectivity index (χ4n) is 5.05. The third-order valence-corrected chi connectivity index (χ3v) is 7.82. The van der Waals surface area contributed by atoms with Gasteiger partial charge in [-0.1, -0.05) is 0 Å². The number of nitrogens with one attached hydrogen (secondary N) is 1. The molecule has 182 valence electrons. The molecule has 33 heavy (non-hydrogen) atoms. The van der Waals surface area contributed by atoms with Crippen LogP contribution in [0.4, 0.5) is 9.80 Å². The third kappa shape index (κ3) is 5.84. The summed E-state index contributed by atoms with van der Waals surface area (Å²) in [5.41, 5.74) is 7.73. The largest absolute Gasteiger partial charge is 0.389 e. The maximum absolute atomic E-state index is 13.5. The lowest BCUT2D eigenvalue weighted by Gasteiger charge is -2.45. The van der Waals surface area contributed by atoms with Crippen LogP contribution in [-0.4, -0.2) is 93.7 Å². The van der Waals surface area contributed by atoms with E-state index in [4.69, 9.17) is 10.5 Å². The van der Waals surface area contributed by atoms with Crippen molar-refractivity contribution in [1.29, 1.82) is 5.26 Å². The van der Waals surface area contributed by atoms with Gasteiger partial charge < -0.3 is 25.6 Å². The number of nitrogens with two attached hydrogens (primary N) is 1. The van der Waals surface area contributed by atoms with Gasteiger partial charge in [-0.05, 0) is 64.9 Å². The number of carbonyl (C=O) groups is 2. The molecular formula is C23H36N6O3S. The van der Waals surface area contributed by atoms with Crippen LogP contribution in [0, 0.1) is 23.2 Å². The van der Waals surface area contributed by atoms with E-state index in [-0.39, 0.29) is 30.3 Å². The molecule has 1 aromatic rings. The molecule has 0 saturated carbocycles. The summed E-state index contributed by atoms with van der Waals surface area (Å²) < 4.78 is 5.16. The highest BCUT2D eigenvalue weighted by Crippen LogP contribution is 2.42. The van der Waals surface area contributed by atoms with Gasteiger partial charge in [0.1, 0.15) is 11.1 Å². The summed E-state index contributed by atoms with van der Waals surface area (Å²) >= 11 is 1.52. The highest BCUT2D eigenvalue weighted by molar-refractivity contribution is 7.16. The van der Waals surface area contributed by atoms with Crippen molar-refractivity contribution in [2.45, 2.75) is 31.7 Å². The van der Waals surface area contributed by atoms with E-state index >= 15 is 0 Å². The molecule has 2 heterocycles. The first-order chi connectivity index (χ1) is 15.8. The second-order valence-electron chi connectivity index (χ2n) is 9.33. The zero-order valence-corrected chi connectivity index (χ0v) is 20.9. The number of fused-ring (bicyclic) bond motifs is 2.